The van der Waals surface area contributed by atoms with Gasteiger partial charge in [-0.2, -0.15) is 0 Å². The van der Waals surface area contributed by atoms with Crippen molar-refractivity contribution in [2.24, 2.45) is 0 Å². The van der Waals surface area contributed by atoms with Gasteiger partial charge in [0.05, 0.1) is 6.61 Å². The number of nitrogens with one attached hydrogen (secondary N) is 1. The summed E-state index contributed by atoms with van der Waals surface area (Å²) in [5, 5.41) is 9.09. The summed E-state index contributed by atoms with van der Waals surface area (Å²) in [7, 11) is 1.77. The van der Waals surface area contributed by atoms with Crippen LogP contribution in [-0.4, -0.2) is 51.5 Å². The maximum Gasteiger partial charge on any atom is 0.123 e. The quantitative estimate of drug-likeness (QED) is 0.783. The molecule has 1 atom stereocenters. The lowest BCUT2D eigenvalue weighted by molar-refractivity contribution is 0.0998. The van der Waals surface area contributed by atoms with Crippen molar-refractivity contribution >= 4 is 10.9 Å². The van der Waals surface area contributed by atoms with Crippen LogP contribution in [0.3, 0.4) is 0 Å². The summed E-state index contributed by atoms with van der Waals surface area (Å²) >= 11 is 0. The number of benzene rings is 1. The zero-order valence-corrected chi connectivity index (χ0v) is 14.2. The van der Waals surface area contributed by atoms with E-state index in [4.69, 9.17) is 4.74 Å². The van der Waals surface area contributed by atoms with Crippen LogP contribution in [-0.2, 0) is 10.3 Å². The van der Waals surface area contributed by atoms with Crippen molar-refractivity contribution in [2.75, 3.05) is 26.8 Å². The van der Waals surface area contributed by atoms with Crippen LogP contribution in [0.1, 0.15) is 25.3 Å². The second kappa shape index (κ2) is 6.03. The molecular formula is C18H23N5O. The van der Waals surface area contributed by atoms with E-state index in [2.05, 4.69) is 51.4 Å². The van der Waals surface area contributed by atoms with Crippen LogP contribution in [0.25, 0.3) is 16.6 Å². The van der Waals surface area contributed by atoms with Crippen LogP contribution in [0.2, 0.25) is 0 Å². The molecule has 3 heterocycles. The van der Waals surface area contributed by atoms with Crippen molar-refractivity contribution in [3.63, 3.8) is 0 Å². The third kappa shape index (κ3) is 2.42. The number of ether oxygens (including phenoxy) is 1. The van der Waals surface area contributed by atoms with E-state index in [0.29, 0.717) is 0 Å². The molecular weight excluding hydrogens is 302 g/mol. The SMILES string of the molecule is COCCN1CCC[C@]1(C)c1c[nH]c2ccc(-n3cnnc3)cc12. The highest BCUT2D eigenvalue weighted by Crippen LogP contribution is 2.41. The van der Waals surface area contributed by atoms with Gasteiger partial charge in [-0.05, 0) is 50.1 Å². The second-order valence-electron chi connectivity index (χ2n) is 6.66. The van der Waals surface area contributed by atoms with E-state index in [0.717, 1.165) is 25.4 Å². The van der Waals surface area contributed by atoms with Crippen LogP contribution < -0.4 is 0 Å². The van der Waals surface area contributed by atoms with Gasteiger partial charge < -0.3 is 9.72 Å². The molecule has 0 saturated carbocycles. The van der Waals surface area contributed by atoms with Crippen molar-refractivity contribution < 1.29 is 4.74 Å². The minimum absolute atomic E-state index is 0.0442. The van der Waals surface area contributed by atoms with E-state index in [1.165, 1.54) is 29.3 Å². The Balaban J connectivity index is 1.77. The minimum atomic E-state index is 0.0442. The topological polar surface area (TPSA) is 59.0 Å². The highest BCUT2D eigenvalue weighted by molar-refractivity contribution is 5.86. The van der Waals surface area contributed by atoms with E-state index in [1.807, 2.05) is 4.57 Å². The highest BCUT2D eigenvalue weighted by Gasteiger charge is 2.39. The zero-order chi connectivity index (χ0) is 16.6. The number of methoxy groups -OCH3 is 1. The predicted octanol–water partition coefficient (Wildman–Crippen LogP) is 2.71. The Kier molecular flexibility index (Phi) is 3.86. The number of hydrogen-bond donors (Lipinski definition) is 1. The van der Waals surface area contributed by atoms with Crippen LogP contribution in [0, 0.1) is 0 Å². The maximum absolute atomic E-state index is 5.30. The summed E-state index contributed by atoms with van der Waals surface area (Å²) in [4.78, 5) is 5.99. The van der Waals surface area contributed by atoms with Gasteiger partial charge in [0.2, 0.25) is 0 Å². The number of hydrogen-bond acceptors (Lipinski definition) is 4. The number of aromatic amines is 1. The number of likely N-dealkylation sites (tertiary alicyclic amines) is 1. The molecule has 4 rings (SSSR count). The molecule has 1 fully saturated rings. The smallest absolute Gasteiger partial charge is 0.123 e. The van der Waals surface area contributed by atoms with Crippen molar-refractivity contribution in [1.82, 2.24) is 24.6 Å². The first-order valence-corrected chi connectivity index (χ1v) is 8.43. The van der Waals surface area contributed by atoms with Gasteiger partial charge in [0.25, 0.3) is 0 Å². The van der Waals surface area contributed by atoms with E-state index >= 15 is 0 Å². The standard InChI is InChI=1S/C18H23N5O/c1-18(6-3-7-23(18)8-9-24-2)16-11-19-17-5-4-14(10-15(16)17)22-12-20-21-13-22/h4-5,10-13,19H,3,6-9H2,1-2H3/t18-/m1/s1. The molecule has 0 aliphatic carbocycles. The third-order valence-electron chi connectivity index (χ3n) is 5.32. The van der Waals surface area contributed by atoms with Gasteiger partial charge in [0, 0.05) is 42.0 Å². The number of nitrogens with zero attached hydrogens (tertiary/aromatic N) is 4. The largest absolute Gasteiger partial charge is 0.383 e. The molecule has 1 aliphatic rings. The lowest BCUT2D eigenvalue weighted by Gasteiger charge is -2.35. The molecule has 2 aromatic heterocycles. The van der Waals surface area contributed by atoms with Gasteiger partial charge >= 0.3 is 0 Å². The third-order valence-corrected chi connectivity index (χ3v) is 5.32. The molecule has 0 amide bonds. The molecule has 0 spiro atoms. The van der Waals surface area contributed by atoms with Crippen LogP contribution in [0.15, 0.2) is 37.1 Å². The predicted molar refractivity (Wildman–Crippen MR) is 93.3 cm³/mol. The van der Waals surface area contributed by atoms with Gasteiger partial charge in [-0.15, -0.1) is 10.2 Å². The number of aromatic nitrogens is 4. The molecule has 126 valence electrons. The van der Waals surface area contributed by atoms with Crippen molar-refractivity contribution in [3.8, 4) is 5.69 Å². The van der Waals surface area contributed by atoms with Crippen molar-refractivity contribution in [2.45, 2.75) is 25.3 Å². The summed E-state index contributed by atoms with van der Waals surface area (Å²) in [5.41, 5.74) is 3.66. The fraction of sp³-hybridized carbons (Fsp3) is 0.444. The van der Waals surface area contributed by atoms with Gasteiger partial charge in [0.15, 0.2) is 0 Å². The van der Waals surface area contributed by atoms with Gasteiger partial charge in [0.1, 0.15) is 12.7 Å². The number of rotatable bonds is 5. The lowest BCUT2D eigenvalue weighted by Crippen LogP contribution is -2.40. The molecule has 3 aromatic rings. The average Bonchev–Trinajstić information content (AvgIpc) is 3.32. The molecule has 1 saturated heterocycles. The van der Waals surface area contributed by atoms with Gasteiger partial charge in [-0.3, -0.25) is 9.47 Å². The van der Waals surface area contributed by atoms with Crippen molar-refractivity contribution in [1.29, 1.82) is 0 Å². The minimum Gasteiger partial charge on any atom is -0.383 e. The van der Waals surface area contributed by atoms with E-state index < -0.39 is 0 Å². The zero-order valence-electron chi connectivity index (χ0n) is 14.2. The number of fused-ring (bicyclic) bond motifs is 1. The molecule has 0 unspecified atom stereocenters. The monoisotopic (exact) mass is 325 g/mol. The second-order valence-corrected chi connectivity index (χ2v) is 6.66. The summed E-state index contributed by atoms with van der Waals surface area (Å²) in [6.45, 7) is 5.20. The highest BCUT2D eigenvalue weighted by atomic mass is 16.5. The number of H-pyrrole nitrogens is 1. The fourth-order valence-electron chi connectivity index (χ4n) is 3.93. The van der Waals surface area contributed by atoms with Gasteiger partial charge in [-0.25, -0.2) is 0 Å². The first-order valence-electron chi connectivity index (χ1n) is 8.43. The summed E-state index contributed by atoms with van der Waals surface area (Å²) in [6.07, 6.45) is 8.02. The Morgan fingerprint density at radius 1 is 1.29 bits per heavy atom. The Bertz CT molecular complexity index is 825. The lowest BCUT2D eigenvalue weighted by atomic mass is 9.89. The Labute approximate surface area is 141 Å². The average molecular weight is 325 g/mol. The van der Waals surface area contributed by atoms with Crippen LogP contribution >= 0.6 is 0 Å². The van der Waals surface area contributed by atoms with E-state index in [1.54, 1.807) is 19.8 Å². The Hall–Kier alpha value is -2.18. The Morgan fingerprint density at radius 3 is 2.92 bits per heavy atom. The Morgan fingerprint density at radius 2 is 2.12 bits per heavy atom. The molecule has 1 aliphatic heterocycles. The van der Waals surface area contributed by atoms with Crippen LogP contribution in [0.4, 0.5) is 0 Å². The van der Waals surface area contributed by atoms with E-state index in [-0.39, 0.29) is 5.54 Å². The maximum atomic E-state index is 5.30. The molecule has 6 heteroatoms. The van der Waals surface area contributed by atoms with E-state index in [9.17, 15) is 0 Å². The molecule has 1 N–H and O–H groups in total. The molecule has 0 bridgehead atoms. The summed E-state index contributed by atoms with van der Waals surface area (Å²) in [6, 6.07) is 6.44. The van der Waals surface area contributed by atoms with Crippen LogP contribution in [0.5, 0.6) is 0 Å². The fourth-order valence-corrected chi connectivity index (χ4v) is 3.93. The molecule has 24 heavy (non-hydrogen) atoms. The first-order chi connectivity index (χ1) is 11.7. The molecule has 0 radical (unpaired) electrons. The summed E-state index contributed by atoms with van der Waals surface area (Å²) in [5.74, 6) is 0. The first kappa shape index (κ1) is 15.4. The summed E-state index contributed by atoms with van der Waals surface area (Å²) < 4.78 is 7.24. The molecule has 1 aromatic carbocycles. The molecule has 6 nitrogen and oxygen atoms in total. The normalized spacial score (nSPS) is 21.8. The van der Waals surface area contributed by atoms with Crippen molar-refractivity contribution in [3.05, 3.63) is 42.6 Å². The van der Waals surface area contributed by atoms with Gasteiger partial charge in [-0.1, -0.05) is 0 Å².